The molecule has 3 rings (SSSR count). The van der Waals surface area contributed by atoms with Gasteiger partial charge in [0, 0.05) is 10.9 Å². The van der Waals surface area contributed by atoms with Gasteiger partial charge < -0.3 is 4.52 Å². The second kappa shape index (κ2) is 4.11. The zero-order valence-corrected chi connectivity index (χ0v) is 9.75. The molecule has 1 aromatic heterocycles. The highest BCUT2D eigenvalue weighted by molar-refractivity contribution is 6.30. The molecule has 0 bridgehead atoms. The Morgan fingerprint density at radius 1 is 1.35 bits per heavy atom. The molecule has 0 unspecified atom stereocenters. The lowest BCUT2D eigenvalue weighted by Gasteiger charge is -2.20. The van der Waals surface area contributed by atoms with Gasteiger partial charge in [-0.1, -0.05) is 23.2 Å². The third-order valence-corrected chi connectivity index (χ3v) is 3.30. The van der Waals surface area contributed by atoms with Crippen LogP contribution in [0.3, 0.4) is 0 Å². The van der Waals surface area contributed by atoms with Gasteiger partial charge in [-0.05, 0) is 31.0 Å². The minimum atomic E-state index is -0.393. The summed E-state index contributed by atoms with van der Waals surface area (Å²) in [5.74, 6) is 0.825. The average molecular weight is 253 g/mol. The minimum absolute atomic E-state index is 0.270. The van der Waals surface area contributed by atoms with Crippen LogP contribution in [0.2, 0.25) is 5.02 Å². The largest absolute Gasteiger partial charge is 0.339 e. The molecule has 1 aromatic carbocycles. The van der Waals surface area contributed by atoms with Crippen LogP contribution in [0.25, 0.3) is 11.4 Å². The summed E-state index contributed by atoms with van der Waals surface area (Å²) in [5, 5.41) is 4.26. The van der Waals surface area contributed by atoms with Gasteiger partial charge in [-0.2, -0.15) is 4.98 Å². The topological polar surface area (TPSA) is 38.9 Å². The molecule has 3 nitrogen and oxygen atoms in total. The predicted octanol–water partition coefficient (Wildman–Crippen LogP) is 3.80. The van der Waals surface area contributed by atoms with Crippen LogP contribution in [0.15, 0.2) is 22.7 Å². The highest BCUT2D eigenvalue weighted by Crippen LogP contribution is 2.36. The van der Waals surface area contributed by atoms with Crippen LogP contribution in [0.5, 0.6) is 0 Å². The standard InChI is InChI=1S/C12H10ClFN2O/c13-8-4-5-10(14)9(6-8)11-15-12(17-16-11)7-2-1-3-7/h4-7H,1-3H2. The number of benzene rings is 1. The van der Waals surface area contributed by atoms with Crippen molar-refractivity contribution in [3.8, 4) is 11.4 Å². The fraction of sp³-hybridized carbons (Fsp3) is 0.333. The number of aromatic nitrogens is 2. The molecule has 1 fully saturated rings. The minimum Gasteiger partial charge on any atom is -0.339 e. The van der Waals surface area contributed by atoms with Gasteiger partial charge in [0.25, 0.3) is 0 Å². The molecule has 0 spiro atoms. The summed E-state index contributed by atoms with van der Waals surface area (Å²) in [4.78, 5) is 4.23. The first kappa shape index (κ1) is 10.7. The third kappa shape index (κ3) is 1.93. The molecule has 17 heavy (non-hydrogen) atoms. The van der Waals surface area contributed by atoms with Crippen LogP contribution >= 0.6 is 11.6 Å². The average Bonchev–Trinajstić information content (AvgIpc) is 2.68. The van der Waals surface area contributed by atoms with Crippen molar-refractivity contribution in [1.29, 1.82) is 0 Å². The molecule has 0 saturated heterocycles. The highest BCUT2D eigenvalue weighted by Gasteiger charge is 2.26. The first-order valence-corrected chi connectivity index (χ1v) is 5.91. The van der Waals surface area contributed by atoms with Crippen molar-refractivity contribution in [3.63, 3.8) is 0 Å². The van der Waals surface area contributed by atoms with E-state index < -0.39 is 5.82 Å². The molecule has 5 heteroatoms. The van der Waals surface area contributed by atoms with Crippen molar-refractivity contribution < 1.29 is 8.91 Å². The molecule has 1 aliphatic rings. The molecule has 88 valence electrons. The summed E-state index contributed by atoms with van der Waals surface area (Å²) < 4.78 is 18.7. The van der Waals surface area contributed by atoms with E-state index in [0.29, 0.717) is 16.8 Å². The first-order valence-electron chi connectivity index (χ1n) is 5.53. The van der Waals surface area contributed by atoms with Crippen molar-refractivity contribution in [1.82, 2.24) is 10.1 Å². The van der Waals surface area contributed by atoms with Crippen molar-refractivity contribution in [3.05, 3.63) is 34.9 Å². The fourth-order valence-corrected chi connectivity index (χ4v) is 2.01. The second-order valence-corrected chi connectivity index (χ2v) is 4.64. The zero-order valence-electron chi connectivity index (χ0n) is 8.99. The van der Waals surface area contributed by atoms with E-state index in [9.17, 15) is 4.39 Å². The summed E-state index contributed by atoms with van der Waals surface area (Å²) in [6.07, 6.45) is 3.33. The van der Waals surface area contributed by atoms with Crippen LogP contribution in [-0.4, -0.2) is 10.1 Å². The van der Waals surface area contributed by atoms with Gasteiger partial charge in [-0.3, -0.25) is 0 Å². The van der Waals surface area contributed by atoms with E-state index in [2.05, 4.69) is 10.1 Å². The number of nitrogens with zero attached hydrogens (tertiary/aromatic N) is 2. The number of rotatable bonds is 2. The van der Waals surface area contributed by atoms with Crippen molar-refractivity contribution in [2.24, 2.45) is 0 Å². The fourth-order valence-electron chi connectivity index (χ4n) is 1.83. The van der Waals surface area contributed by atoms with E-state index in [1.807, 2.05) is 0 Å². The third-order valence-electron chi connectivity index (χ3n) is 3.07. The van der Waals surface area contributed by atoms with Gasteiger partial charge in [0.2, 0.25) is 11.7 Å². The summed E-state index contributed by atoms with van der Waals surface area (Å²) in [6, 6.07) is 4.30. The SMILES string of the molecule is Fc1ccc(Cl)cc1-c1noc(C2CCC2)n1. The van der Waals surface area contributed by atoms with Crippen LogP contribution in [0.1, 0.15) is 31.1 Å². The van der Waals surface area contributed by atoms with E-state index in [1.54, 1.807) is 0 Å². The summed E-state index contributed by atoms with van der Waals surface area (Å²) in [6.45, 7) is 0. The molecule has 1 heterocycles. The molecule has 2 aromatic rings. The Morgan fingerprint density at radius 3 is 2.88 bits per heavy atom. The lowest BCUT2D eigenvalue weighted by molar-refractivity contribution is 0.292. The molecule has 0 radical (unpaired) electrons. The van der Waals surface area contributed by atoms with E-state index in [1.165, 1.54) is 24.6 Å². The monoisotopic (exact) mass is 252 g/mol. The molecular formula is C12H10ClFN2O. The van der Waals surface area contributed by atoms with Crippen molar-refractivity contribution >= 4 is 11.6 Å². The molecule has 1 saturated carbocycles. The molecule has 0 amide bonds. The molecule has 0 N–H and O–H groups in total. The molecule has 0 aliphatic heterocycles. The lowest BCUT2D eigenvalue weighted by Crippen LogP contribution is -2.08. The Morgan fingerprint density at radius 2 is 2.18 bits per heavy atom. The predicted molar refractivity (Wildman–Crippen MR) is 61.3 cm³/mol. The lowest BCUT2D eigenvalue weighted by atomic mass is 9.85. The Kier molecular flexibility index (Phi) is 2.59. The van der Waals surface area contributed by atoms with E-state index in [-0.39, 0.29) is 11.4 Å². The Bertz CT molecular complexity index is 551. The highest BCUT2D eigenvalue weighted by atomic mass is 35.5. The molecule has 0 atom stereocenters. The Hall–Kier alpha value is -1.42. The van der Waals surface area contributed by atoms with E-state index >= 15 is 0 Å². The van der Waals surface area contributed by atoms with Crippen LogP contribution in [0.4, 0.5) is 4.39 Å². The smallest absolute Gasteiger partial charge is 0.230 e. The van der Waals surface area contributed by atoms with E-state index in [4.69, 9.17) is 16.1 Å². The van der Waals surface area contributed by atoms with Gasteiger partial charge in [0.1, 0.15) is 5.82 Å². The Labute approximate surface area is 103 Å². The normalized spacial score (nSPS) is 15.9. The maximum absolute atomic E-state index is 13.6. The van der Waals surface area contributed by atoms with Gasteiger partial charge in [-0.25, -0.2) is 4.39 Å². The second-order valence-electron chi connectivity index (χ2n) is 4.21. The maximum Gasteiger partial charge on any atom is 0.230 e. The summed E-state index contributed by atoms with van der Waals surface area (Å²) in [5.41, 5.74) is 0.284. The number of hydrogen-bond acceptors (Lipinski definition) is 3. The van der Waals surface area contributed by atoms with Gasteiger partial charge in [-0.15, -0.1) is 0 Å². The van der Waals surface area contributed by atoms with Gasteiger partial charge in [0.15, 0.2) is 0 Å². The van der Waals surface area contributed by atoms with Gasteiger partial charge in [0.05, 0.1) is 5.56 Å². The summed E-state index contributed by atoms with van der Waals surface area (Å²) >= 11 is 5.82. The van der Waals surface area contributed by atoms with Gasteiger partial charge >= 0.3 is 0 Å². The number of halogens is 2. The van der Waals surface area contributed by atoms with Crippen molar-refractivity contribution in [2.45, 2.75) is 25.2 Å². The number of hydrogen-bond donors (Lipinski definition) is 0. The zero-order chi connectivity index (χ0) is 11.8. The maximum atomic E-state index is 13.6. The van der Waals surface area contributed by atoms with Crippen LogP contribution in [0, 0.1) is 5.82 Å². The van der Waals surface area contributed by atoms with Crippen LogP contribution in [-0.2, 0) is 0 Å². The quantitative estimate of drug-likeness (QED) is 0.816. The first-order chi connectivity index (χ1) is 8.24. The van der Waals surface area contributed by atoms with Crippen molar-refractivity contribution in [2.75, 3.05) is 0 Å². The molecule has 1 aliphatic carbocycles. The van der Waals surface area contributed by atoms with E-state index in [0.717, 1.165) is 12.8 Å². The Balaban J connectivity index is 1.97. The molecular weight excluding hydrogens is 243 g/mol. The summed E-state index contributed by atoms with van der Waals surface area (Å²) in [7, 11) is 0. The van der Waals surface area contributed by atoms with Crippen LogP contribution < -0.4 is 0 Å².